The summed E-state index contributed by atoms with van der Waals surface area (Å²) in [5.74, 6) is -2.06. The van der Waals surface area contributed by atoms with Gasteiger partial charge in [0.15, 0.2) is 4.90 Å². The zero-order valence-electron chi connectivity index (χ0n) is 13.5. The normalized spacial score (nSPS) is 18.2. The van der Waals surface area contributed by atoms with Gasteiger partial charge in [0.25, 0.3) is 0 Å². The van der Waals surface area contributed by atoms with E-state index in [1.807, 2.05) is 13.0 Å². The molecule has 0 spiro atoms. The molecule has 3 rings (SSSR count). The van der Waals surface area contributed by atoms with Gasteiger partial charge in [-0.2, -0.15) is 9.57 Å². The van der Waals surface area contributed by atoms with E-state index in [1.165, 1.54) is 12.1 Å². The average Bonchev–Trinajstić information content (AvgIpc) is 3.01. The summed E-state index contributed by atoms with van der Waals surface area (Å²) in [7, 11) is -4.20. The van der Waals surface area contributed by atoms with Crippen LogP contribution in [-0.4, -0.2) is 25.8 Å². The Hall–Kier alpha value is -2.30. The fourth-order valence-corrected chi connectivity index (χ4v) is 4.62. The molecule has 0 bridgehead atoms. The Morgan fingerprint density at radius 3 is 2.20 bits per heavy atom. The summed E-state index contributed by atoms with van der Waals surface area (Å²) in [6, 6.07) is 10.2. The van der Waals surface area contributed by atoms with E-state index in [9.17, 15) is 17.2 Å². The SMILES string of the molecule is C[C@@H]1CCN(S(=O)(=O)c2c(F)cc(-c3ccc(C#N)cc3)cc2F)C1. The first-order chi connectivity index (χ1) is 11.8. The molecule has 1 aliphatic heterocycles. The number of benzene rings is 2. The number of nitriles is 1. The molecule has 0 N–H and O–H groups in total. The van der Waals surface area contributed by atoms with Crippen molar-refractivity contribution in [2.24, 2.45) is 5.92 Å². The van der Waals surface area contributed by atoms with Gasteiger partial charge in [-0.25, -0.2) is 17.2 Å². The first kappa shape index (κ1) is 17.5. The van der Waals surface area contributed by atoms with E-state index in [2.05, 4.69) is 0 Å². The van der Waals surface area contributed by atoms with Crippen LogP contribution in [0.3, 0.4) is 0 Å². The monoisotopic (exact) mass is 362 g/mol. The number of sulfonamides is 1. The van der Waals surface area contributed by atoms with Gasteiger partial charge >= 0.3 is 0 Å². The number of hydrogen-bond donors (Lipinski definition) is 0. The summed E-state index contributed by atoms with van der Waals surface area (Å²) in [4.78, 5) is -0.904. The van der Waals surface area contributed by atoms with Crippen LogP contribution in [0.2, 0.25) is 0 Å². The van der Waals surface area contributed by atoms with E-state index in [0.717, 1.165) is 16.4 Å². The summed E-state index contributed by atoms with van der Waals surface area (Å²) < 4.78 is 55.2. The van der Waals surface area contributed by atoms with Crippen molar-refractivity contribution in [2.45, 2.75) is 18.2 Å². The third-order valence-electron chi connectivity index (χ3n) is 4.33. The Bertz CT molecular complexity index is 927. The highest BCUT2D eigenvalue weighted by atomic mass is 32.2. The molecule has 25 heavy (non-hydrogen) atoms. The summed E-state index contributed by atoms with van der Waals surface area (Å²) in [6.07, 6.45) is 0.672. The highest BCUT2D eigenvalue weighted by Crippen LogP contribution is 2.31. The van der Waals surface area contributed by atoms with Gasteiger partial charge in [-0.05, 0) is 47.7 Å². The topological polar surface area (TPSA) is 61.2 Å². The molecule has 0 unspecified atom stereocenters. The first-order valence-electron chi connectivity index (χ1n) is 7.82. The summed E-state index contributed by atoms with van der Waals surface area (Å²) in [5.41, 5.74) is 1.14. The standard InChI is InChI=1S/C18H16F2N2O2S/c1-12-6-7-22(11-12)25(23,24)18-16(19)8-15(9-17(18)20)14-4-2-13(10-21)3-5-14/h2-5,8-9,12H,6-7,11H2,1H3/t12-/m1/s1. The molecule has 0 aliphatic carbocycles. The van der Waals surface area contributed by atoms with Gasteiger partial charge in [-0.1, -0.05) is 19.1 Å². The molecule has 0 radical (unpaired) electrons. The lowest BCUT2D eigenvalue weighted by atomic mass is 10.0. The minimum Gasteiger partial charge on any atom is -0.207 e. The zero-order chi connectivity index (χ0) is 18.2. The van der Waals surface area contributed by atoms with Crippen molar-refractivity contribution in [2.75, 3.05) is 13.1 Å². The number of rotatable bonds is 3. The zero-order valence-corrected chi connectivity index (χ0v) is 14.4. The van der Waals surface area contributed by atoms with Crippen molar-refractivity contribution in [3.05, 3.63) is 53.6 Å². The molecule has 2 aromatic carbocycles. The lowest BCUT2D eigenvalue weighted by Crippen LogP contribution is -2.30. The first-order valence-corrected chi connectivity index (χ1v) is 9.26. The van der Waals surface area contributed by atoms with Gasteiger partial charge in [0.2, 0.25) is 10.0 Å². The largest absolute Gasteiger partial charge is 0.248 e. The third-order valence-corrected chi connectivity index (χ3v) is 6.25. The van der Waals surface area contributed by atoms with Gasteiger partial charge in [0.05, 0.1) is 11.6 Å². The second kappa shape index (κ2) is 6.54. The molecule has 1 fully saturated rings. The molecule has 1 atom stereocenters. The van der Waals surface area contributed by atoms with Gasteiger partial charge in [-0.15, -0.1) is 0 Å². The molecular weight excluding hydrogens is 346 g/mol. The van der Waals surface area contributed by atoms with Gasteiger partial charge in [-0.3, -0.25) is 0 Å². The van der Waals surface area contributed by atoms with Crippen LogP contribution in [-0.2, 0) is 10.0 Å². The molecule has 130 valence electrons. The van der Waals surface area contributed by atoms with E-state index in [4.69, 9.17) is 5.26 Å². The number of halogens is 2. The Morgan fingerprint density at radius 1 is 1.12 bits per heavy atom. The molecule has 1 heterocycles. The molecular formula is C18H16F2N2O2S. The maximum Gasteiger partial charge on any atom is 0.248 e. The Morgan fingerprint density at radius 2 is 1.72 bits per heavy atom. The van der Waals surface area contributed by atoms with E-state index in [0.29, 0.717) is 17.5 Å². The number of nitrogens with zero attached hydrogens (tertiary/aromatic N) is 2. The molecule has 0 aromatic heterocycles. The van der Waals surface area contributed by atoms with Crippen LogP contribution < -0.4 is 0 Å². The minimum atomic E-state index is -4.20. The molecule has 2 aromatic rings. The summed E-state index contributed by atoms with van der Waals surface area (Å²) in [6.45, 7) is 2.43. The molecule has 0 saturated carbocycles. The summed E-state index contributed by atoms with van der Waals surface area (Å²) in [5, 5.41) is 8.79. The maximum absolute atomic E-state index is 14.5. The minimum absolute atomic E-state index is 0.166. The van der Waals surface area contributed by atoms with Crippen molar-refractivity contribution in [1.82, 2.24) is 4.31 Å². The van der Waals surface area contributed by atoms with Gasteiger partial charge in [0, 0.05) is 13.1 Å². The van der Waals surface area contributed by atoms with Gasteiger partial charge in [0.1, 0.15) is 11.6 Å². The molecule has 0 amide bonds. The molecule has 4 nitrogen and oxygen atoms in total. The van der Waals surface area contributed by atoms with Crippen LogP contribution in [0.15, 0.2) is 41.3 Å². The van der Waals surface area contributed by atoms with Crippen molar-refractivity contribution in [1.29, 1.82) is 5.26 Å². The van der Waals surface area contributed by atoms with Crippen molar-refractivity contribution in [3.8, 4) is 17.2 Å². The average molecular weight is 362 g/mol. The van der Waals surface area contributed by atoms with Crippen molar-refractivity contribution >= 4 is 10.0 Å². The fourth-order valence-electron chi connectivity index (χ4n) is 2.95. The Balaban J connectivity index is 2.02. The van der Waals surface area contributed by atoms with Crippen LogP contribution in [0.4, 0.5) is 8.78 Å². The van der Waals surface area contributed by atoms with E-state index in [-0.39, 0.29) is 24.6 Å². The predicted molar refractivity (Wildman–Crippen MR) is 89.0 cm³/mol. The Kier molecular flexibility index (Phi) is 4.58. The number of hydrogen-bond acceptors (Lipinski definition) is 3. The van der Waals surface area contributed by atoms with Gasteiger partial charge < -0.3 is 0 Å². The van der Waals surface area contributed by atoms with Crippen LogP contribution in [0, 0.1) is 28.9 Å². The van der Waals surface area contributed by atoms with Crippen LogP contribution >= 0.6 is 0 Å². The molecule has 7 heteroatoms. The predicted octanol–water partition coefficient (Wildman–Crippen LogP) is 3.53. The lowest BCUT2D eigenvalue weighted by molar-refractivity contribution is 0.447. The lowest BCUT2D eigenvalue weighted by Gasteiger charge is -2.17. The maximum atomic E-state index is 14.5. The van der Waals surface area contributed by atoms with Crippen molar-refractivity contribution in [3.63, 3.8) is 0 Å². The molecule has 1 aliphatic rings. The van der Waals surface area contributed by atoms with Crippen molar-refractivity contribution < 1.29 is 17.2 Å². The second-order valence-electron chi connectivity index (χ2n) is 6.22. The second-order valence-corrected chi connectivity index (χ2v) is 8.09. The van der Waals surface area contributed by atoms with Crippen LogP contribution in [0.1, 0.15) is 18.9 Å². The van der Waals surface area contributed by atoms with Crippen LogP contribution in [0.25, 0.3) is 11.1 Å². The Labute approximate surface area is 145 Å². The third kappa shape index (κ3) is 3.28. The molecule has 1 saturated heterocycles. The van der Waals surface area contributed by atoms with E-state index >= 15 is 0 Å². The fraction of sp³-hybridized carbons (Fsp3) is 0.278. The highest BCUT2D eigenvalue weighted by molar-refractivity contribution is 7.89. The highest BCUT2D eigenvalue weighted by Gasteiger charge is 2.35. The smallest absolute Gasteiger partial charge is 0.207 e. The van der Waals surface area contributed by atoms with E-state index in [1.54, 1.807) is 12.1 Å². The quantitative estimate of drug-likeness (QED) is 0.839. The van der Waals surface area contributed by atoms with Crippen LogP contribution in [0.5, 0.6) is 0 Å². The van der Waals surface area contributed by atoms with E-state index < -0.39 is 26.6 Å². The summed E-state index contributed by atoms with van der Waals surface area (Å²) >= 11 is 0.